The van der Waals surface area contributed by atoms with Crippen molar-refractivity contribution in [1.82, 2.24) is 9.88 Å². The lowest BCUT2D eigenvalue weighted by Gasteiger charge is -2.16. The molecule has 1 aromatic heterocycles. The Morgan fingerprint density at radius 1 is 1.16 bits per heavy atom. The zero-order valence-corrected chi connectivity index (χ0v) is 18.1. The fraction of sp³-hybridized carbons (Fsp3) is 0.261. The van der Waals surface area contributed by atoms with Gasteiger partial charge in [-0.2, -0.15) is 0 Å². The summed E-state index contributed by atoms with van der Waals surface area (Å²) >= 11 is 1.35. The number of anilines is 1. The SMILES string of the molecule is COc1ccc(-c2csc(NC(=O)[C@@H]3CC(=O)N(Cc4ccccc4)C3)n2)cc1OC. The van der Waals surface area contributed by atoms with Crippen LogP contribution in [0.2, 0.25) is 0 Å². The van der Waals surface area contributed by atoms with Crippen molar-refractivity contribution in [2.24, 2.45) is 5.92 Å². The summed E-state index contributed by atoms with van der Waals surface area (Å²) in [5.74, 6) is 0.679. The van der Waals surface area contributed by atoms with Crippen LogP contribution in [0.25, 0.3) is 11.3 Å². The van der Waals surface area contributed by atoms with Crippen molar-refractivity contribution in [1.29, 1.82) is 0 Å². The first-order valence-electron chi connectivity index (χ1n) is 9.88. The van der Waals surface area contributed by atoms with Gasteiger partial charge in [-0.05, 0) is 23.8 Å². The summed E-state index contributed by atoms with van der Waals surface area (Å²) in [6.07, 6.45) is 0.215. The first kappa shape index (κ1) is 20.9. The zero-order valence-electron chi connectivity index (χ0n) is 17.3. The molecule has 31 heavy (non-hydrogen) atoms. The van der Waals surface area contributed by atoms with Crippen molar-refractivity contribution in [3.05, 3.63) is 59.5 Å². The predicted molar refractivity (Wildman–Crippen MR) is 119 cm³/mol. The Hall–Kier alpha value is -3.39. The van der Waals surface area contributed by atoms with Crippen molar-refractivity contribution in [2.75, 3.05) is 26.1 Å². The Labute approximate surface area is 184 Å². The minimum atomic E-state index is -0.385. The Morgan fingerprint density at radius 3 is 2.68 bits per heavy atom. The number of hydrogen-bond acceptors (Lipinski definition) is 6. The van der Waals surface area contributed by atoms with Gasteiger partial charge in [-0.25, -0.2) is 4.98 Å². The molecule has 8 heteroatoms. The van der Waals surface area contributed by atoms with Gasteiger partial charge in [0, 0.05) is 30.5 Å². The molecule has 1 N–H and O–H groups in total. The van der Waals surface area contributed by atoms with Crippen LogP contribution in [-0.4, -0.2) is 42.5 Å². The van der Waals surface area contributed by atoms with Gasteiger partial charge < -0.3 is 19.7 Å². The number of nitrogens with one attached hydrogen (secondary N) is 1. The number of methoxy groups -OCH3 is 2. The van der Waals surface area contributed by atoms with Gasteiger partial charge in [0.05, 0.1) is 25.8 Å². The third-order valence-corrected chi connectivity index (χ3v) is 5.97. The van der Waals surface area contributed by atoms with Crippen LogP contribution in [0.3, 0.4) is 0 Å². The topological polar surface area (TPSA) is 80.8 Å². The highest BCUT2D eigenvalue weighted by atomic mass is 32.1. The molecule has 2 aromatic carbocycles. The van der Waals surface area contributed by atoms with E-state index >= 15 is 0 Å². The number of carbonyl (C=O) groups excluding carboxylic acids is 2. The van der Waals surface area contributed by atoms with Crippen LogP contribution in [0.15, 0.2) is 53.9 Å². The Morgan fingerprint density at radius 2 is 1.94 bits per heavy atom. The van der Waals surface area contributed by atoms with Crippen LogP contribution >= 0.6 is 11.3 Å². The van der Waals surface area contributed by atoms with E-state index in [1.807, 2.05) is 53.9 Å². The maximum atomic E-state index is 12.7. The van der Waals surface area contributed by atoms with Gasteiger partial charge in [-0.15, -0.1) is 11.3 Å². The number of benzene rings is 2. The van der Waals surface area contributed by atoms with Crippen LogP contribution < -0.4 is 14.8 Å². The summed E-state index contributed by atoms with van der Waals surface area (Å²) < 4.78 is 10.6. The fourth-order valence-electron chi connectivity index (χ4n) is 3.57. The van der Waals surface area contributed by atoms with Crippen molar-refractivity contribution in [3.63, 3.8) is 0 Å². The highest BCUT2D eigenvalue weighted by molar-refractivity contribution is 7.14. The summed E-state index contributed by atoms with van der Waals surface area (Å²) in [6, 6.07) is 15.3. The van der Waals surface area contributed by atoms with Crippen molar-refractivity contribution < 1.29 is 19.1 Å². The number of hydrogen-bond donors (Lipinski definition) is 1. The average molecular weight is 438 g/mol. The second-order valence-electron chi connectivity index (χ2n) is 7.26. The van der Waals surface area contributed by atoms with Gasteiger partial charge in [-0.1, -0.05) is 30.3 Å². The number of amides is 2. The quantitative estimate of drug-likeness (QED) is 0.608. The largest absolute Gasteiger partial charge is 0.493 e. The van der Waals surface area contributed by atoms with Gasteiger partial charge in [0.15, 0.2) is 16.6 Å². The minimum absolute atomic E-state index is 0.00541. The van der Waals surface area contributed by atoms with E-state index in [1.165, 1.54) is 11.3 Å². The number of likely N-dealkylation sites (tertiary alicyclic amines) is 1. The van der Waals surface area contributed by atoms with Gasteiger partial charge in [0.1, 0.15) is 0 Å². The number of nitrogens with zero attached hydrogens (tertiary/aromatic N) is 2. The van der Waals surface area contributed by atoms with E-state index in [9.17, 15) is 9.59 Å². The molecule has 1 saturated heterocycles. The molecule has 3 aromatic rings. The van der Waals surface area contributed by atoms with Crippen LogP contribution in [0, 0.1) is 5.92 Å². The van der Waals surface area contributed by atoms with Crippen LogP contribution in [0.5, 0.6) is 11.5 Å². The third-order valence-electron chi connectivity index (χ3n) is 5.22. The van der Waals surface area contributed by atoms with Crippen LogP contribution in [0.4, 0.5) is 5.13 Å². The highest BCUT2D eigenvalue weighted by Gasteiger charge is 2.34. The smallest absolute Gasteiger partial charge is 0.231 e. The highest BCUT2D eigenvalue weighted by Crippen LogP contribution is 2.33. The number of aromatic nitrogens is 1. The predicted octanol–water partition coefficient (Wildman–Crippen LogP) is 3.81. The lowest BCUT2D eigenvalue weighted by Crippen LogP contribution is -2.28. The first-order chi connectivity index (χ1) is 15.1. The molecule has 0 spiro atoms. The molecule has 2 heterocycles. The molecule has 2 amide bonds. The molecule has 1 atom stereocenters. The summed E-state index contributed by atoms with van der Waals surface area (Å²) in [5, 5.41) is 5.24. The molecule has 0 radical (unpaired) electrons. The van der Waals surface area contributed by atoms with Crippen molar-refractivity contribution in [2.45, 2.75) is 13.0 Å². The second-order valence-corrected chi connectivity index (χ2v) is 8.12. The molecular weight excluding hydrogens is 414 g/mol. The Balaban J connectivity index is 1.40. The van der Waals surface area contributed by atoms with Gasteiger partial charge >= 0.3 is 0 Å². The molecule has 0 bridgehead atoms. The summed E-state index contributed by atoms with van der Waals surface area (Å²) in [7, 11) is 3.17. The third kappa shape index (κ3) is 4.69. The van der Waals surface area contributed by atoms with Crippen LogP contribution in [-0.2, 0) is 16.1 Å². The molecule has 0 aliphatic carbocycles. The lowest BCUT2D eigenvalue weighted by molar-refractivity contribution is -0.128. The molecule has 4 rings (SSSR count). The molecular formula is C23H23N3O4S. The molecule has 160 valence electrons. The van der Waals surface area contributed by atoms with Crippen molar-refractivity contribution >= 4 is 28.3 Å². The normalized spacial score (nSPS) is 15.7. The minimum Gasteiger partial charge on any atom is -0.493 e. The monoisotopic (exact) mass is 437 g/mol. The molecule has 1 aliphatic heterocycles. The Bertz CT molecular complexity index is 1080. The van der Waals surface area contributed by atoms with E-state index in [2.05, 4.69) is 10.3 Å². The molecule has 0 unspecified atom stereocenters. The molecule has 1 aliphatic rings. The molecule has 1 fully saturated rings. The van der Waals surface area contributed by atoms with E-state index < -0.39 is 0 Å². The first-order valence-corrected chi connectivity index (χ1v) is 10.8. The maximum Gasteiger partial charge on any atom is 0.231 e. The standard InChI is InChI=1S/C23H23N3O4S/c1-29-19-9-8-16(10-20(19)30-2)18-14-31-23(24-18)25-22(28)17-11-21(27)26(13-17)12-15-6-4-3-5-7-15/h3-10,14,17H,11-13H2,1-2H3,(H,24,25,28)/t17-/m1/s1. The Kier molecular flexibility index (Phi) is 6.18. The van der Waals surface area contributed by atoms with Gasteiger partial charge in [-0.3, -0.25) is 9.59 Å². The van der Waals surface area contributed by atoms with Gasteiger partial charge in [0.2, 0.25) is 11.8 Å². The summed E-state index contributed by atoms with van der Waals surface area (Å²) in [4.78, 5) is 31.3. The van der Waals surface area contributed by atoms with Gasteiger partial charge in [0.25, 0.3) is 0 Å². The number of thiazole rings is 1. The zero-order chi connectivity index (χ0) is 21.8. The maximum absolute atomic E-state index is 12.7. The van der Waals surface area contributed by atoms with E-state index in [-0.39, 0.29) is 24.2 Å². The van der Waals surface area contributed by atoms with E-state index in [0.29, 0.717) is 29.7 Å². The number of carbonyl (C=O) groups is 2. The van der Waals surface area contributed by atoms with E-state index in [1.54, 1.807) is 19.1 Å². The molecule has 0 saturated carbocycles. The van der Waals surface area contributed by atoms with E-state index in [4.69, 9.17) is 9.47 Å². The molecule has 7 nitrogen and oxygen atoms in total. The van der Waals surface area contributed by atoms with Crippen LogP contribution in [0.1, 0.15) is 12.0 Å². The summed E-state index contributed by atoms with van der Waals surface area (Å²) in [5.41, 5.74) is 2.64. The second kappa shape index (κ2) is 9.18. The number of ether oxygens (including phenoxy) is 2. The average Bonchev–Trinajstić information content (AvgIpc) is 3.41. The fourth-order valence-corrected chi connectivity index (χ4v) is 4.29. The van der Waals surface area contributed by atoms with E-state index in [0.717, 1.165) is 16.8 Å². The summed E-state index contributed by atoms with van der Waals surface area (Å²) in [6.45, 7) is 0.928. The lowest BCUT2D eigenvalue weighted by atomic mass is 10.1. The van der Waals surface area contributed by atoms with Crippen molar-refractivity contribution in [3.8, 4) is 22.8 Å². The number of rotatable bonds is 7.